The average molecular weight is 237 g/mol. The Balaban J connectivity index is 3.18. The average Bonchev–Trinajstić information content (AvgIpc) is 2.13. The fraction of sp³-hybridized carbons (Fsp3) is 0.222. The third-order valence-corrected chi connectivity index (χ3v) is 2.13. The Morgan fingerprint density at radius 2 is 2.00 bits per heavy atom. The van der Waals surface area contributed by atoms with Crippen LogP contribution >= 0.6 is 23.2 Å². The van der Waals surface area contributed by atoms with Crippen molar-refractivity contribution in [2.24, 2.45) is 0 Å². The van der Waals surface area contributed by atoms with Crippen molar-refractivity contribution in [2.75, 3.05) is 6.61 Å². The summed E-state index contributed by atoms with van der Waals surface area (Å²) < 4.78 is 17.9. The fourth-order valence-corrected chi connectivity index (χ4v) is 1.30. The lowest BCUT2D eigenvalue weighted by Crippen LogP contribution is -2.08. The normalized spacial score (nSPS) is 10.0. The summed E-state index contributed by atoms with van der Waals surface area (Å²) in [5.74, 6) is -1.66. The number of halogens is 3. The zero-order valence-corrected chi connectivity index (χ0v) is 8.82. The van der Waals surface area contributed by atoms with E-state index in [0.29, 0.717) is 0 Å². The smallest absolute Gasteiger partial charge is 0.342 e. The molecule has 0 saturated carbocycles. The Hall–Kier alpha value is -0.800. The lowest BCUT2D eigenvalue weighted by molar-refractivity contribution is 0.0521. The Kier molecular flexibility index (Phi) is 3.72. The quantitative estimate of drug-likeness (QED) is 0.582. The molecular formula is C9H7Cl2FO2. The lowest BCUT2D eigenvalue weighted by atomic mass is 10.2. The van der Waals surface area contributed by atoms with Crippen molar-refractivity contribution in [2.45, 2.75) is 6.92 Å². The van der Waals surface area contributed by atoms with Crippen molar-refractivity contribution in [3.05, 3.63) is 33.6 Å². The minimum atomic E-state index is -0.849. The van der Waals surface area contributed by atoms with Crippen molar-refractivity contribution >= 4 is 29.2 Å². The van der Waals surface area contributed by atoms with Crippen LogP contribution in [0.2, 0.25) is 10.0 Å². The summed E-state index contributed by atoms with van der Waals surface area (Å²) in [6, 6.07) is 2.63. The predicted octanol–water partition coefficient (Wildman–Crippen LogP) is 3.31. The molecule has 1 aromatic carbocycles. The number of rotatable bonds is 2. The molecule has 0 amide bonds. The van der Waals surface area contributed by atoms with Gasteiger partial charge in [0.05, 0.1) is 16.7 Å². The zero-order chi connectivity index (χ0) is 10.7. The monoisotopic (exact) mass is 236 g/mol. The van der Waals surface area contributed by atoms with E-state index in [9.17, 15) is 9.18 Å². The van der Waals surface area contributed by atoms with Crippen molar-refractivity contribution < 1.29 is 13.9 Å². The minimum Gasteiger partial charge on any atom is -0.462 e. The third-order valence-electron chi connectivity index (χ3n) is 1.52. The highest BCUT2D eigenvalue weighted by molar-refractivity contribution is 6.35. The van der Waals surface area contributed by atoms with E-state index in [4.69, 9.17) is 23.2 Å². The largest absolute Gasteiger partial charge is 0.462 e. The van der Waals surface area contributed by atoms with Crippen LogP contribution in [0.1, 0.15) is 17.3 Å². The van der Waals surface area contributed by atoms with E-state index in [1.54, 1.807) is 6.92 Å². The number of ether oxygens (including phenoxy) is 1. The first kappa shape index (κ1) is 11.3. The van der Waals surface area contributed by atoms with Gasteiger partial charge in [-0.1, -0.05) is 23.2 Å². The molecular weight excluding hydrogens is 230 g/mol. The molecule has 0 atom stereocenters. The standard InChI is InChI=1S/C9H7Cl2FO2/c1-2-14-9(13)7-5(10)3-4-6(11)8(7)12/h3-4H,2H2,1H3. The maximum absolute atomic E-state index is 13.3. The molecule has 1 aromatic rings. The topological polar surface area (TPSA) is 26.3 Å². The van der Waals surface area contributed by atoms with Gasteiger partial charge in [0, 0.05) is 0 Å². The van der Waals surface area contributed by atoms with E-state index in [1.807, 2.05) is 0 Å². The van der Waals surface area contributed by atoms with Crippen LogP contribution in [0, 0.1) is 5.82 Å². The summed E-state index contributed by atoms with van der Waals surface area (Å²) in [7, 11) is 0. The second-order valence-corrected chi connectivity index (χ2v) is 3.25. The van der Waals surface area contributed by atoms with Crippen LogP contribution in [-0.4, -0.2) is 12.6 Å². The molecule has 0 N–H and O–H groups in total. The summed E-state index contributed by atoms with van der Waals surface area (Å²) >= 11 is 11.1. The molecule has 14 heavy (non-hydrogen) atoms. The Bertz CT molecular complexity index is 366. The number of hydrogen-bond acceptors (Lipinski definition) is 2. The number of carbonyl (C=O) groups excluding carboxylic acids is 1. The maximum atomic E-state index is 13.3. The van der Waals surface area contributed by atoms with Crippen LogP contribution < -0.4 is 0 Å². The molecule has 0 aliphatic carbocycles. The molecule has 0 aliphatic heterocycles. The van der Waals surface area contributed by atoms with Crippen molar-refractivity contribution in [3.63, 3.8) is 0 Å². The van der Waals surface area contributed by atoms with Gasteiger partial charge in [-0.05, 0) is 19.1 Å². The van der Waals surface area contributed by atoms with E-state index < -0.39 is 11.8 Å². The summed E-state index contributed by atoms with van der Waals surface area (Å²) in [6.07, 6.45) is 0. The van der Waals surface area contributed by atoms with Crippen molar-refractivity contribution in [3.8, 4) is 0 Å². The highest BCUT2D eigenvalue weighted by Crippen LogP contribution is 2.25. The number of hydrogen-bond donors (Lipinski definition) is 0. The molecule has 1 rings (SSSR count). The fourth-order valence-electron chi connectivity index (χ4n) is 0.917. The van der Waals surface area contributed by atoms with E-state index >= 15 is 0 Å². The highest BCUT2D eigenvalue weighted by Gasteiger charge is 2.19. The minimum absolute atomic E-state index is 0.00894. The van der Waals surface area contributed by atoms with E-state index in [-0.39, 0.29) is 22.2 Å². The van der Waals surface area contributed by atoms with Crippen molar-refractivity contribution in [1.29, 1.82) is 0 Å². The van der Waals surface area contributed by atoms with Gasteiger partial charge in [0.15, 0.2) is 5.82 Å². The van der Waals surface area contributed by atoms with Gasteiger partial charge >= 0.3 is 5.97 Å². The molecule has 0 saturated heterocycles. The van der Waals surface area contributed by atoms with Gasteiger partial charge in [-0.15, -0.1) is 0 Å². The SMILES string of the molecule is CCOC(=O)c1c(Cl)ccc(Cl)c1F. The molecule has 0 unspecified atom stereocenters. The van der Waals surface area contributed by atoms with Gasteiger partial charge in [-0.3, -0.25) is 0 Å². The van der Waals surface area contributed by atoms with Crippen LogP contribution in [0.25, 0.3) is 0 Å². The maximum Gasteiger partial charge on any atom is 0.342 e. The van der Waals surface area contributed by atoms with Gasteiger partial charge in [0.2, 0.25) is 0 Å². The molecule has 0 aliphatic rings. The van der Waals surface area contributed by atoms with Crippen LogP contribution in [0.15, 0.2) is 12.1 Å². The van der Waals surface area contributed by atoms with E-state index in [2.05, 4.69) is 4.74 Å². The molecule has 0 heterocycles. The summed E-state index contributed by atoms with van der Waals surface area (Å²) in [4.78, 5) is 11.2. The van der Waals surface area contributed by atoms with Crippen molar-refractivity contribution in [1.82, 2.24) is 0 Å². The summed E-state index contributed by atoms with van der Waals surface area (Å²) in [6.45, 7) is 1.77. The molecule has 0 spiro atoms. The summed E-state index contributed by atoms with van der Waals surface area (Å²) in [5, 5.41) is -0.164. The lowest BCUT2D eigenvalue weighted by Gasteiger charge is -2.05. The van der Waals surface area contributed by atoms with Crippen LogP contribution in [-0.2, 0) is 4.74 Å². The van der Waals surface area contributed by atoms with Crippen LogP contribution in [0.3, 0.4) is 0 Å². The zero-order valence-electron chi connectivity index (χ0n) is 7.31. The van der Waals surface area contributed by atoms with Crippen LogP contribution in [0.5, 0.6) is 0 Å². The third kappa shape index (κ3) is 2.16. The molecule has 76 valence electrons. The predicted molar refractivity (Wildman–Crippen MR) is 52.4 cm³/mol. The second kappa shape index (κ2) is 4.62. The molecule has 0 radical (unpaired) electrons. The number of benzene rings is 1. The van der Waals surface area contributed by atoms with Crippen LogP contribution in [0.4, 0.5) is 4.39 Å². The molecule has 0 bridgehead atoms. The Morgan fingerprint density at radius 1 is 1.43 bits per heavy atom. The Labute approximate surface area is 90.6 Å². The first-order valence-electron chi connectivity index (χ1n) is 3.88. The number of esters is 1. The van der Waals surface area contributed by atoms with Gasteiger partial charge < -0.3 is 4.74 Å². The molecule has 0 fully saturated rings. The van der Waals surface area contributed by atoms with Gasteiger partial charge in [-0.25, -0.2) is 9.18 Å². The molecule has 5 heteroatoms. The van der Waals surface area contributed by atoms with Gasteiger partial charge in [0.1, 0.15) is 5.56 Å². The molecule has 0 aromatic heterocycles. The van der Waals surface area contributed by atoms with E-state index in [1.165, 1.54) is 12.1 Å². The number of carbonyl (C=O) groups is 1. The first-order chi connectivity index (χ1) is 6.57. The summed E-state index contributed by atoms with van der Waals surface area (Å²) in [5.41, 5.74) is -0.319. The van der Waals surface area contributed by atoms with E-state index in [0.717, 1.165) is 0 Å². The van der Waals surface area contributed by atoms with Gasteiger partial charge in [0.25, 0.3) is 0 Å². The van der Waals surface area contributed by atoms with Gasteiger partial charge in [-0.2, -0.15) is 0 Å². The highest BCUT2D eigenvalue weighted by atomic mass is 35.5. The second-order valence-electron chi connectivity index (χ2n) is 2.44. The Morgan fingerprint density at radius 3 is 2.57 bits per heavy atom. The molecule has 2 nitrogen and oxygen atoms in total. The first-order valence-corrected chi connectivity index (χ1v) is 4.64.